The fraction of sp³-hybridized carbons (Fsp3) is 0.348. The second-order valence-corrected chi connectivity index (χ2v) is 7.80. The van der Waals surface area contributed by atoms with Crippen LogP contribution in [0.15, 0.2) is 48.5 Å². The van der Waals surface area contributed by atoms with E-state index in [0.29, 0.717) is 0 Å². The second-order valence-electron chi connectivity index (χ2n) is 7.80. The fourth-order valence-corrected chi connectivity index (χ4v) is 4.51. The molecule has 1 saturated heterocycles. The van der Waals surface area contributed by atoms with E-state index in [0.717, 1.165) is 50.5 Å². The number of benzene rings is 2. The molecule has 0 amide bonds. The number of hydrogen-bond donors (Lipinski definition) is 2. The Morgan fingerprint density at radius 2 is 1.61 bits per heavy atom. The monoisotopic (exact) mass is 373 g/mol. The van der Waals surface area contributed by atoms with E-state index < -0.39 is 0 Å². The minimum absolute atomic E-state index is 1.04. The van der Waals surface area contributed by atoms with Gasteiger partial charge in [-0.15, -0.1) is 0 Å². The first-order valence-electron chi connectivity index (χ1n) is 10.3. The van der Waals surface area contributed by atoms with Gasteiger partial charge in [-0.1, -0.05) is 30.3 Å². The summed E-state index contributed by atoms with van der Waals surface area (Å²) in [6.07, 6.45) is 2.34. The Kier molecular flexibility index (Phi) is 4.53. The van der Waals surface area contributed by atoms with E-state index in [1.54, 1.807) is 0 Å². The number of aromatic nitrogens is 3. The van der Waals surface area contributed by atoms with Gasteiger partial charge in [0.25, 0.3) is 0 Å². The highest BCUT2D eigenvalue weighted by atomic mass is 15.3. The zero-order chi connectivity index (χ0) is 18.9. The standard InChI is InChI=1S/C23H27N5/c1-17-18(19-7-2-4-10-21(19)24-17)9-6-12-27-13-15-28(16-14-27)23-20-8-3-5-11-22(20)25-26-23/h2-5,7-8,10-11,24H,6,9,12-16H2,1H3,(H,25,26). The van der Waals surface area contributed by atoms with Crippen LogP contribution in [0.5, 0.6) is 0 Å². The highest BCUT2D eigenvalue weighted by molar-refractivity contribution is 5.90. The number of fused-ring (bicyclic) bond motifs is 2. The Labute approximate surface area is 165 Å². The van der Waals surface area contributed by atoms with Gasteiger partial charge < -0.3 is 9.88 Å². The number of anilines is 1. The molecule has 144 valence electrons. The van der Waals surface area contributed by atoms with Crippen molar-refractivity contribution in [1.82, 2.24) is 20.1 Å². The van der Waals surface area contributed by atoms with Gasteiger partial charge in [0.2, 0.25) is 0 Å². The molecule has 5 nitrogen and oxygen atoms in total. The van der Waals surface area contributed by atoms with E-state index in [4.69, 9.17) is 0 Å². The van der Waals surface area contributed by atoms with Crippen molar-refractivity contribution in [2.45, 2.75) is 19.8 Å². The summed E-state index contributed by atoms with van der Waals surface area (Å²) < 4.78 is 0. The van der Waals surface area contributed by atoms with E-state index in [-0.39, 0.29) is 0 Å². The van der Waals surface area contributed by atoms with Gasteiger partial charge in [-0.25, -0.2) is 0 Å². The number of piperazine rings is 1. The molecule has 0 unspecified atom stereocenters. The molecule has 0 bridgehead atoms. The summed E-state index contributed by atoms with van der Waals surface area (Å²) in [4.78, 5) is 8.53. The van der Waals surface area contributed by atoms with E-state index in [1.165, 1.54) is 34.0 Å². The lowest BCUT2D eigenvalue weighted by molar-refractivity contribution is 0.254. The molecule has 0 aliphatic carbocycles. The van der Waals surface area contributed by atoms with Crippen molar-refractivity contribution in [3.05, 3.63) is 59.8 Å². The van der Waals surface area contributed by atoms with Crippen LogP contribution in [0.2, 0.25) is 0 Å². The third-order valence-electron chi connectivity index (χ3n) is 6.05. The highest BCUT2D eigenvalue weighted by Gasteiger charge is 2.20. The van der Waals surface area contributed by atoms with Crippen LogP contribution in [0.4, 0.5) is 5.82 Å². The molecule has 1 fully saturated rings. The summed E-state index contributed by atoms with van der Waals surface area (Å²) in [7, 11) is 0. The molecule has 3 heterocycles. The summed E-state index contributed by atoms with van der Waals surface area (Å²) in [6.45, 7) is 7.65. The Morgan fingerprint density at radius 1 is 0.893 bits per heavy atom. The zero-order valence-corrected chi connectivity index (χ0v) is 16.4. The molecule has 0 atom stereocenters. The van der Waals surface area contributed by atoms with Gasteiger partial charge in [-0.3, -0.25) is 10.00 Å². The van der Waals surface area contributed by atoms with E-state index in [1.807, 2.05) is 0 Å². The van der Waals surface area contributed by atoms with Gasteiger partial charge >= 0.3 is 0 Å². The summed E-state index contributed by atoms with van der Waals surface area (Å²) in [6, 6.07) is 17.0. The van der Waals surface area contributed by atoms with Crippen LogP contribution in [0.25, 0.3) is 21.8 Å². The number of aromatic amines is 2. The minimum Gasteiger partial charge on any atom is -0.358 e. The molecular formula is C23H27N5. The molecule has 4 aromatic rings. The molecule has 1 aliphatic heterocycles. The molecule has 5 heteroatoms. The van der Waals surface area contributed by atoms with Gasteiger partial charge in [0.05, 0.1) is 5.52 Å². The summed E-state index contributed by atoms with van der Waals surface area (Å²) in [5.74, 6) is 1.10. The number of nitrogens with one attached hydrogen (secondary N) is 2. The van der Waals surface area contributed by atoms with Crippen molar-refractivity contribution in [2.75, 3.05) is 37.6 Å². The Balaban J connectivity index is 1.17. The molecular weight excluding hydrogens is 346 g/mol. The topological polar surface area (TPSA) is 51.0 Å². The SMILES string of the molecule is Cc1[nH]c2ccccc2c1CCCN1CCN(c2n[nH]c3ccccc23)CC1. The second kappa shape index (κ2) is 7.32. The van der Waals surface area contributed by atoms with Crippen LogP contribution in [0, 0.1) is 6.92 Å². The minimum atomic E-state index is 1.04. The lowest BCUT2D eigenvalue weighted by atomic mass is 10.1. The van der Waals surface area contributed by atoms with Crippen LogP contribution in [-0.4, -0.2) is 52.8 Å². The maximum Gasteiger partial charge on any atom is 0.158 e. The van der Waals surface area contributed by atoms with Gasteiger partial charge in [-0.2, -0.15) is 5.10 Å². The van der Waals surface area contributed by atoms with Crippen molar-refractivity contribution in [3.63, 3.8) is 0 Å². The van der Waals surface area contributed by atoms with Gasteiger partial charge in [0, 0.05) is 48.2 Å². The van der Waals surface area contributed by atoms with Crippen LogP contribution in [0.1, 0.15) is 17.7 Å². The maximum absolute atomic E-state index is 4.56. The summed E-state index contributed by atoms with van der Waals surface area (Å²) in [5, 5.41) is 10.3. The molecule has 2 aromatic heterocycles. The number of nitrogens with zero attached hydrogens (tertiary/aromatic N) is 3. The first kappa shape index (κ1) is 17.3. The number of aryl methyl sites for hydroxylation is 2. The Hall–Kier alpha value is -2.79. The number of rotatable bonds is 5. The normalized spacial score (nSPS) is 15.7. The van der Waals surface area contributed by atoms with Crippen molar-refractivity contribution in [3.8, 4) is 0 Å². The number of para-hydroxylation sites is 2. The van der Waals surface area contributed by atoms with E-state index >= 15 is 0 Å². The summed E-state index contributed by atoms with van der Waals surface area (Å²) >= 11 is 0. The lowest BCUT2D eigenvalue weighted by Gasteiger charge is -2.35. The predicted molar refractivity (Wildman–Crippen MR) is 116 cm³/mol. The Bertz CT molecular complexity index is 1080. The lowest BCUT2D eigenvalue weighted by Crippen LogP contribution is -2.46. The Morgan fingerprint density at radius 3 is 2.43 bits per heavy atom. The van der Waals surface area contributed by atoms with Crippen molar-refractivity contribution >= 4 is 27.6 Å². The molecule has 2 aromatic carbocycles. The average molecular weight is 374 g/mol. The largest absolute Gasteiger partial charge is 0.358 e. The van der Waals surface area contributed by atoms with Crippen LogP contribution in [0.3, 0.4) is 0 Å². The zero-order valence-electron chi connectivity index (χ0n) is 16.4. The number of hydrogen-bond acceptors (Lipinski definition) is 3. The van der Waals surface area contributed by atoms with E-state index in [2.05, 4.69) is 80.4 Å². The first-order valence-corrected chi connectivity index (χ1v) is 10.3. The van der Waals surface area contributed by atoms with Crippen LogP contribution < -0.4 is 4.90 Å². The van der Waals surface area contributed by atoms with E-state index in [9.17, 15) is 0 Å². The molecule has 0 spiro atoms. The van der Waals surface area contributed by atoms with Gasteiger partial charge in [0.15, 0.2) is 5.82 Å². The van der Waals surface area contributed by atoms with Crippen molar-refractivity contribution < 1.29 is 0 Å². The third-order valence-corrected chi connectivity index (χ3v) is 6.05. The highest BCUT2D eigenvalue weighted by Crippen LogP contribution is 2.25. The van der Waals surface area contributed by atoms with Crippen molar-refractivity contribution in [1.29, 1.82) is 0 Å². The first-order chi connectivity index (χ1) is 13.8. The van der Waals surface area contributed by atoms with Gasteiger partial charge in [0.1, 0.15) is 0 Å². The molecule has 1 aliphatic rings. The third kappa shape index (κ3) is 3.16. The molecule has 0 radical (unpaired) electrons. The molecule has 28 heavy (non-hydrogen) atoms. The molecule has 5 rings (SSSR count). The maximum atomic E-state index is 4.56. The fourth-order valence-electron chi connectivity index (χ4n) is 4.51. The molecule has 2 N–H and O–H groups in total. The predicted octanol–water partition coefficient (Wildman–Crippen LogP) is 4.11. The smallest absolute Gasteiger partial charge is 0.158 e. The van der Waals surface area contributed by atoms with Crippen LogP contribution in [-0.2, 0) is 6.42 Å². The average Bonchev–Trinajstić information content (AvgIpc) is 3.30. The number of H-pyrrole nitrogens is 2. The summed E-state index contributed by atoms with van der Waals surface area (Å²) in [5.41, 5.74) is 5.18. The van der Waals surface area contributed by atoms with Crippen molar-refractivity contribution in [2.24, 2.45) is 0 Å². The van der Waals surface area contributed by atoms with Crippen LogP contribution >= 0.6 is 0 Å². The van der Waals surface area contributed by atoms with Gasteiger partial charge in [-0.05, 0) is 50.1 Å². The quantitative estimate of drug-likeness (QED) is 0.554. The molecule has 0 saturated carbocycles.